The normalized spacial score (nSPS) is 13.0. The lowest BCUT2D eigenvalue weighted by molar-refractivity contribution is 0.598. The number of alkyl halides is 3. The Morgan fingerprint density at radius 1 is 1.04 bits per heavy atom. The first-order valence-electron chi connectivity index (χ1n) is 6.18. The maximum Gasteiger partial charge on any atom is 0.284 e. The maximum absolute atomic E-state index is 13.2. The number of rotatable bonds is 3. The summed E-state index contributed by atoms with van der Waals surface area (Å²) in [7, 11) is -4.09. The first-order chi connectivity index (χ1) is 10.7. The third kappa shape index (κ3) is 5.07. The predicted molar refractivity (Wildman–Crippen MR) is 91.4 cm³/mol. The zero-order chi connectivity index (χ0) is 17.1. The number of nitrogens with one attached hydrogen (secondary N) is 1. The second-order valence-electron chi connectivity index (χ2n) is 4.36. The lowest BCUT2D eigenvalue weighted by Crippen LogP contribution is -2.29. The van der Waals surface area contributed by atoms with E-state index in [1.807, 2.05) is 0 Å². The van der Waals surface area contributed by atoms with Crippen molar-refractivity contribution in [1.29, 1.82) is 0 Å². The van der Waals surface area contributed by atoms with Crippen LogP contribution in [0.1, 0.15) is 0 Å². The molecule has 4 nitrogen and oxygen atoms in total. The van der Waals surface area contributed by atoms with E-state index in [0.717, 1.165) is 6.07 Å². The zero-order valence-electron chi connectivity index (χ0n) is 11.4. The van der Waals surface area contributed by atoms with E-state index in [0.29, 0.717) is 0 Å². The zero-order valence-corrected chi connectivity index (χ0v) is 14.5. The van der Waals surface area contributed by atoms with Crippen LogP contribution in [-0.4, -0.2) is 18.0 Å². The van der Waals surface area contributed by atoms with E-state index >= 15 is 0 Å². The van der Waals surface area contributed by atoms with E-state index in [2.05, 4.69) is 9.71 Å². The molecule has 0 aliphatic heterocycles. The van der Waals surface area contributed by atoms with Crippen molar-refractivity contribution in [3.63, 3.8) is 0 Å². The molecule has 0 saturated carbocycles. The Bertz CT molecular complexity index is 821. The van der Waals surface area contributed by atoms with Gasteiger partial charge in [-0.3, -0.25) is 0 Å². The molecule has 0 aliphatic rings. The van der Waals surface area contributed by atoms with Crippen molar-refractivity contribution in [2.75, 3.05) is 5.32 Å². The van der Waals surface area contributed by atoms with Crippen molar-refractivity contribution in [3.05, 3.63) is 60.4 Å². The van der Waals surface area contributed by atoms with Crippen LogP contribution in [0.2, 0.25) is 0 Å². The molecule has 0 amide bonds. The smallest absolute Gasteiger partial charge is 0.284 e. The molecule has 0 atom stereocenters. The minimum absolute atomic E-state index is 0.0622. The number of sulfonamides is 1. The second-order valence-corrected chi connectivity index (χ2v) is 8.25. The molecular formula is C14H10Cl3FN2O2S. The lowest BCUT2D eigenvalue weighted by atomic mass is 10.3. The van der Waals surface area contributed by atoms with Crippen LogP contribution in [0.15, 0.2) is 63.9 Å². The average molecular weight is 396 g/mol. The van der Waals surface area contributed by atoms with Gasteiger partial charge >= 0.3 is 0 Å². The lowest BCUT2D eigenvalue weighted by Gasteiger charge is -2.16. The van der Waals surface area contributed by atoms with Gasteiger partial charge in [0.2, 0.25) is 3.79 Å². The van der Waals surface area contributed by atoms with E-state index in [4.69, 9.17) is 34.8 Å². The van der Waals surface area contributed by atoms with Crippen molar-refractivity contribution >= 4 is 56.3 Å². The summed E-state index contributed by atoms with van der Waals surface area (Å²) < 4.78 is 39.1. The van der Waals surface area contributed by atoms with Crippen LogP contribution in [-0.2, 0) is 10.0 Å². The SMILES string of the molecule is O=S(=O)(/N=C(/Nc1cccc(F)c1)C(Cl)(Cl)Cl)c1ccccc1. The topological polar surface area (TPSA) is 58.5 Å². The summed E-state index contributed by atoms with van der Waals surface area (Å²) in [6, 6.07) is 12.7. The summed E-state index contributed by atoms with van der Waals surface area (Å²) >= 11 is 17.3. The largest absolute Gasteiger partial charge is 0.339 e. The van der Waals surface area contributed by atoms with E-state index in [1.165, 1.54) is 42.5 Å². The number of benzene rings is 2. The molecule has 0 heterocycles. The molecule has 0 spiro atoms. The van der Waals surface area contributed by atoms with Gasteiger partial charge in [0.25, 0.3) is 10.0 Å². The Hall–Kier alpha value is -1.34. The minimum atomic E-state index is -4.09. The van der Waals surface area contributed by atoms with Crippen LogP contribution in [0.4, 0.5) is 10.1 Å². The molecule has 0 radical (unpaired) electrons. The molecule has 0 unspecified atom stereocenters. The molecule has 9 heteroatoms. The number of amidine groups is 1. The predicted octanol–water partition coefficient (Wildman–Crippen LogP) is 4.40. The Balaban J connectivity index is 2.43. The molecular weight excluding hydrogens is 386 g/mol. The first kappa shape index (κ1) is 18.0. The van der Waals surface area contributed by atoms with Crippen LogP contribution in [0, 0.1) is 5.82 Å². The molecule has 1 N–H and O–H groups in total. The van der Waals surface area contributed by atoms with Crippen LogP contribution >= 0.6 is 34.8 Å². The Morgan fingerprint density at radius 2 is 1.70 bits per heavy atom. The number of hydrogen-bond acceptors (Lipinski definition) is 2. The summed E-state index contributed by atoms with van der Waals surface area (Å²) in [6.07, 6.45) is 0. The van der Waals surface area contributed by atoms with Crippen LogP contribution in [0.5, 0.6) is 0 Å². The summed E-state index contributed by atoms with van der Waals surface area (Å²) in [6.45, 7) is 0. The Kier molecular flexibility index (Phi) is 5.52. The van der Waals surface area contributed by atoms with Gasteiger partial charge in [0.05, 0.1) is 4.90 Å². The summed E-state index contributed by atoms with van der Waals surface area (Å²) in [4.78, 5) is -0.0622. The van der Waals surface area contributed by atoms with E-state index in [1.54, 1.807) is 6.07 Å². The van der Waals surface area contributed by atoms with Crippen LogP contribution in [0.3, 0.4) is 0 Å². The quantitative estimate of drug-likeness (QED) is 0.476. The van der Waals surface area contributed by atoms with Gasteiger partial charge in [-0.2, -0.15) is 8.42 Å². The summed E-state index contributed by atoms with van der Waals surface area (Å²) in [5.41, 5.74) is 0.193. The van der Waals surface area contributed by atoms with Crippen molar-refractivity contribution in [2.45, 2.75) is 8.69 Å². The van der Waals surface area contributed by atoms with Crippen molar-refractivity contribution in [3.8, 4) is 0 Å². The molecule has 23 heavy (non-hydrogen) atoms. The van der Waals surface area contributed by atoms with Gasteiger partial charge in [0, 0.05) is 5.69 Å². The minimum Gasteiger partial charge on any atom is -0.339 e. The van der Waals surface area contributed by atoms with Crippen LogP contribution < -0.4 is 5.32 Å². The molecule has 2 aromatic rings. The molecule has 2 aromatic carbocycles. The van der Waals surface area contributed by atoms with Gasteiger partial charge in [-0.25, -0.2) is 4.39 Å². The van der Waals surface area contributed by atoms with Gasteiger partial charge < -0.3 is 5.32 Å². The van der Waals surface area contributed by atoms with E-state index in [-0.39, 0.29) is 10.6 Å². The maximum atomic E-state index is 13.2. The molecule has 122 valence electrons. The Morgan fingerprint density at radius 3 is 2.26 bits per heavy atom. The molecule has 0 aliphatic carbocycles. The van der Waals surface area contributed by atoms with Gasteiger partial charge in [0.1, 0.15) is 5.82 Å². The number of hydrogen-bond donors (Lipinski definition) is 1. The molecule has 0 aromatic heterocycles. The second kappa shape index (κ2) is 7.05. The molecule has 0 saturated heterocycles. The first-order valence-corrected chi connectivity index (χ1v) is 8.76. The highest BCUT2D eigenvalue weighted by molar-refractivity contribution is 7.90. The van der Waals surface area contributed by atoms with Crippen LogP contribution in [0.25, 0.3) is 0 Å². The number of halogens is 4. The molecule has 0 fully saturated rings. The van der Waals surface area contributed by atoms with E-state index < -0.39 is 25.5 Å². The standard InChI is InChI=1S/C14H10Cl3FN2O2S/c15-14(16,17)13(19-11-6-4-5-10(18)9-11)20-23(21,22)12-7-2-1-3-8-12/h1-9H,(H,19,20). The monoisotopic (exact) mass is 394 g/mol. The third-order valence-electron chi connectivity index (χ3n) is 2.61. The van der Waals surface area contributed by atoms with Gasteiger partial charge in [-0.15, -0.1) is 4.40 Å². The average Bonchev–Trinajstić information content (AvgIpc) is 2.46. The van der Waals surface area contributed by atoms with Gasteiger partial charge in [0.15, 0.2) is 5.84 Å². The fraction of sp³-hybridized carbons (Fsp3) is 0.0714. The highest BCUT2D eigenvalue weighted by atomic mass is 35.6. The number of anilines is 1. The molecule has 0 bridgehead atoms. The Labute approximate surface area is 147 Å². The molecule has 2 rings (SSSR count). The van der Waals surface area contributed by atoms with Crippen molar-refractivity contribution in [1.82, 2.24) is 0 Å². The van der Waals surface area contributed by atoms with Crippen molar-refractivity contribution in [2.24, 2.45) is 4.40 Å². The van der Waals surface area contributed by atoms with Gasteiger partial charge in [-0.1, -0.05) is 59.1 Å². The highest BCUT2D eigenvalue weighted by Crippen LogP contribution is 2.30. The van der Waals surface area contributed by atoms with Crippen molar-refractivity contribution < 1.29 is 12.8 Å². The van der Waals surface area contributed by atoms with E-state index in [9.17, 15) is 12.8 Å². The highest BCUT2D eigenvalue weighted by Gasteiger charge is 2.31. The number of nitrogens with zero attached hydrogens (tertiary/aromatic N) is 1. The third-order valence-corrected chi connectivity index (χ3v) is 4.44. The fourth-order valence-corrected chi connectivity index (χ4v) is 3.06. The van der Waals surface area contributed by atoms with Gasteiger partial charge in [-0.05, 0) is 30.3 Å². The summed E-state index contributed by atoms with van der Waals surface area (Å²) in [5, 5.41) is 2.52. The fourth-order valence-electron chi connectivity index (χ4n) is 1.61. The summed E-state index contributed by atoms with van der Waals surface area (Å²) in [5.74, 6) is -0.999.